The largest absolute Gasteiger partial charge is 0.465 e. The second-order valence-electron chi connectivity index (χ2n) is 9.07. The van der Waals surface area contributed by atoms with Gasteiger partial charge in [0, 0.05) is 44.8 Å². The van der Waals surface area contributed by atoms with Crippen LogP contribution < -0.4 is 5.32 Å². The van der Waals surface area contributed by atoms with Crippen LogP contribution in [0, 0.1) is 5.41 Å². The number of carbonyl (C=O) groups is 1. The maximum absolute atomic E-state index is 11.2. The second-order valence-corrected chi connectivity index (χ2v) is 9.07. The Bertz CT molecular complexity index is 674. The highest BCUT2D eigenvalue weighted by atomic mass is 16.4. The van der Waals surface area contributed by atoms with Crippen molar-refractivity contribution in [3.8, 4) is 0 Å². The fourth-order valence-electron chi connectivity index (χ4n) is 5.54. The summed E-state index contributed by atoms with van der Waals surface area (Å²) in [5.41, 5.74) is 3.35. The van der Waals surface area contributed by atoms with Gasteiger partial charge in [-0.25, -0.2) is 4.79 Å². The van der Waals surface area contributed by atoms with Crippen LogP contribution in [0.5, 0.6) is 0 Å². The molecule has 0 radical (unpaired) electrons. The number of hydrogen-bond donors (Lipinski definition) is 2. The van der Waals surface area contributed by atoms with E-state index in [4.69, 9.17) is 0 Å². The van der Waals surface area contributed by atoms with Crippen molar-refractivity contribution in [2.24, 2.45) is 5.41 Å². The van der Waals surface area contributed by atoms with Crippen LogP contribution >= 0.6 is 0 Å². The number of carboxylic acid groups (broad SMARTS) is 1. The Morgan fingerprint density at radius 3 is 2.56 bits per heavy atom. The van der Waals surface area contributed by atoms with E-state index < -0.39 is 6.09 Å². The lowest BCUT2D eigenvalue weighted by Gasteiger charge is -2.57. The molecule has 5 nitrogen and oxygen atoms in total. The highest BCUT2D eigenvalue weighted by Crippen LogP contribution is 2.52. The van der Waals surface area contributed by atoms with E-state index in [2.05, 4.69) is 48.3 Å². The Kier molecular flexibility index (Phi) is 5.17. The maximum Gasteiger partial charge on any atom is 0.407 e. The van der Waals surface area contributed by atoms with Crippen molar-refractivity contribution in [3.05, 3.63) is 35.4 Å². The number of nitrogens with zero attached hydrogens (tertiary/aromatic N) is 2. The van der Waals surface area contributed by atoms with Crippen molar-refractivity contribution in [3.63, 3.8) is 0 Å². The number of hydrogen-bond acceptors (Lipinski definition) is 3. The Balaban J connectivity index is 1.45. The number of piperazine rings is 1. The molecule has 1 aromatic rings. The first kappa shape index (κ1) is 18.8. The lowest BCUT2D eigenvalue weighted by molar-refractivity contribution is -0.0596. The lowest BCUT2D eigenvalue weighted by Crippen LogP contribution is -2.59. The number of likely N-dealkylation sites (tertiary alicyclic amines) is 1. The molecular formula is C22H33N3O2. The Labute approximate surface area is 162 Å². The van der Waals surface area contributed by atoms with Crippen molar-refractivity contribution in [2.75, 3.05) is 32.7 Å². The van der Waals surface area contributed by atoms with Crippen LogP contribution in [0.1, 0.15) is 62.6 Å². The van der Waals surface area contributed by atoms with Gasteiger partial charge in [-0.1, -0.05) is 38.1 Å². The zero-order valence-corrected chi connectivity index (χ0v) is 16.7. The third-order valence-corrected chi connectivity index (χ3v) is 7.16. The molecule has 1 amide bonds. The van der Waals surface area contributed by atoms with E-state index in [1.54, 1.807) is 4.90 Å². The summed E-state index contributed by atoms with van der Waals surface area (Å²) < 4.78 is 0. The van der Waals surface area contributed by atoms with Crippen molar-refractivity contribution in [1.82, 2.24) is 15.1 Å². The number of amides is 1. The number of benzene rings is 1. The van der Waals surface area contributed by atoms with Crippen LogP contribution in [0.4, 0.5) is 4.79 Å². The fourth-order valence-corrected chi connectivity index (χ4v) is 5.54. The predicted octanol–water partition coefficient (Wildman–Crippen LogP) is 3.68. The van der Waals surface area contributed by atoms with Crippen LogP contribution in [0.15, 0.2) is 24.3 Å². The van der Waals surface area contributed by atoms with Gasteiger partial charge in [-0.05, 0) is 48.1 Å². The molecule has 1 saturated carbocycles. The van der Waals surface area contributed by atoms with Gasteiger partial charge in [0.2, 0.25) is 0 Å². The monoisotopic (exact) mass is 371 g/mol. The second kappa shape index (κ2) is 7.44. The van der Waals surface area contributed by atoms with Gasteiger partial charge >= 0.3 is 6.09 Å². The molecular weight excluding hydrogens is 338 g/mol. The standard InChI is InChI=1S/C22H33N3O2/c1-16(2)18-5-3-4-6-19(18)20-15-23-9-12-25(20)17-13-22(14-17)7-10-24(11-8-22)21(26)27/h3-6,16-17,20,23H,7-15H2,1-2H3,(H,26,27). The van der Waals surface area contributed by atoms with E-state index in [0.29, 0.717) is 36.5 Å². The van der Waals surface area contributed by atoms with E-state index in [0.717, 1.165) is 32.5 Å². The molecule has 2 heterocycles. The molecule has 1 atom stereocenters. The molecule has 2 N–H and O–H groups in total. The van der Waals surface area contributed by atoms with E-state index in [9.17, 15) is 9.90 Å². The fraction of sp³-hybridized carbons (Fsp3) is 0.682. The van der Waals surface area contributed by atoms with Gasteiger partial charge in [-0.3, -0.25) is 4.90 Å². The Morgan fingerprint density at radius 2 is 1.89 bits per heavy atom. The molecule has 1 aromatic carbocycles. The first-order valence-corrected chi connectivity index (χ1v) is 10.5. The highest BCUT2D eigenvalue weighted by molar-refractivity contribution is 5.65. The maximum atomic E-state index is 11.2. The molecule has 3 fully saturated rings. The van der Waals surface area contributed by atoms with Crippen LogP contribution in [-0.2, 0) is 0 Å². The van der Waals surface area contributed by atoms with Crippen molar-refractivity contribution >= 4 is 6.09 Å². The normalized spacial score (nSPS) is 26.3. The molecule has 0 aromatic heterocycles. The molecule has 0 bridgehead atoms. The number of piperidine rings is 1. The molecule has 2 aliphatic heterocycles. The minimum atomic E-state index is -0.756. The third-order valence-electron chi connectivity index (χ3n) is 7.16. The number of rotatable bonds is 3. The molecule has 27 heavy (non-hydrogen) atoms. The first-order chi connectivity index (χ1) is 13.0. The van der Waals surface area contributed by atoms with Crippen LogP contribution in [0.2, 0.25) is 0 Å². The van der Waals surface area contributed by atoms with Gasteiger partial charge in [0.25, 0.3) is 0 Å². The van der Waals surface area contributed by atoms with Gasteiger partial charge in [0.1, 0.15) is 0 Å². The summed E-state index contributed by atoms with van der Waals surface area (Å²) in [5.74, 6) is 0.540. The third kappa shape index (κ3) is 3.59. The Morgan fingerprint density at radius 1 is 1.19 bits per heavy atom. The molecule has 1 aliphatic carbocycles. The van der Waals surface area contributed by atoms with Crippen molar-refractivity contribution in [1.29, 1.82) is 0 Å². The molecule has 148 valence electrons. The van der Waals surface area contributed by atoms with E-state index in [1.165, 1.54) is 24.0 Å². The quantitative estimate of drug-likeness (QED) is 0.851. The van der Waals surface area contributed by atoms with Gasteiger partial charge in [0.15, 0.2) is 0 Å². The average Bonchev–Trinajstić information content (AvgIpc) is 2.66. The minimum absolute atomic E-state index is 0.392. The summed E-state index contributed by atoms with van der Waals surface area (Å²) in [6, 6.07) is 10.1. The van der Waals surface area contributed by atoms with Crippen LogP contribution in [0.3, 0.4) is 0 Å². The van der Waals surface area contributed by atoms with E-state index >= 15 is 0 Å². The van der Waals surface area contributed by atoms with Crippen LogP contribution in [0.25, 0.3) is 0 Å². The van der Waals surface area contributed by atoms with Crippen molar-refractivity contribution in [2.45, 2.75) is 57.5 Å². The zero-order chi connectivity index (χ0) is 19.0. The lowest BCUT2D eigenvalue weighted by atomic mass is 9.59. The summed E-state index contributed by atoms with van der Waals surface area (Å²) in [7, 11) is 0. The molecule has 1 spiro atoms. The van der Waals surface area contributed by atoms with E-state index in [1.807, 2.05) is 0 Å². The van der Waals surface area contributed by atoms with Crippen LogP contribution in [-0.4, -0.2) is 59.8 Å². The van der Waals surface area contributed by atoms with Gasteiger partial charge in [0.05, 0.1) is 0 Å². The molecule has 5 heteroatoms. The predicted molar refractivity (Wildman–Crippen MR) is 107 cm³/mol. The van der Waals surface area contributed by atoms with Gasteiger partial charge in [-0.15, -0.1) is 0 Å². The summed E-state index contributed by atoms with van der Waals surface area (Å²) in [5, 5.41) is 12.8. The summed E-state index contributed by atoms with van der Waals surface area (Å²) >= 11 is 0. The minimum Gasteiger partial charge on any atom is -0.465 e. The topological polar surface area (TPSA) is 55.8 Å². The molecule has 3 aliphatic rings. The first-order valence-electron chi connectivity index (χ1n) is 10.5. The Hall–Kier alpha value is -1.59. The molecule has 4 rings (SSSR count). The molecule has 2 saturated heterocycles. The van der Waals surface area contributed by atoms with Gasteiger partial charge < -0.3 is 15.3 Å². The average molecular weight is 372 g/mol. The number of nitrogens with one attached hydrogen (secondary N) is 1. The molecule has 1 unspecified atom stereocenters. The van der Waals surface area contributed by atoms with Crippen molar-refractivity contribution < 1.29 is 9.90 Å². The highest BCUT2D eigenvalue weighted by Gasteiger charge is 2.49. The van der Waals surface area contributed by atoms with Gasteiger partial charge in [-0.2, -0.15) is 0 Å². The van der Waals surface area contributed by atoms with E-state index in [-0.39, 0.29) is 0 Å². The summed E-state index contributed by atoms with van der Waals surface area (Å²) in [6.45, 7) is 9.20. The smallest absolute Gasteiger partial charge is 0.407 e. The summed E-state index contributed by atoms with van der Waals surface area (Å²) in [4.78, 5) is 15.5. The zero-order valence-electron chi connectivity index (χ0n) is 16.7. The SMILES string of the molecule is CC(C)c1ccccc1C1CNCCN1C1CC2(CCN(C(=O)O)CC2)C1. The summed E-state index contributed by atoms with van der Waals surface area (Å²) in [6.07, 6.45) is 3.79.